The summed E-state index contributed by atoms with van der Waals surface area (Å²) < 4.78 is 11.0. The summed E-state index contributed by atoms with van der Waals surface area (Å²) in [6.07, 6.45) is 0. The lowest BCUT2D eigenvalue weighted by atomic mass is 9.96. The van der Waals surface area contributed by atoms with Gasteiger partial charge in [-0.25, -0.2) is 4.79 Å². The number of ether oxygens (including phenoxy) is 2. The zero-order chi connectivity index (χ0) is 15.1. The molecule has 0 saturated carbocycles. The molecule has 1 N–H and O–H groups in total. The lowest BCUT2D eigenvalue weighted by Gasteiger charge is -2.10. The van der Waals surface area contributed by atoms with E-state index < -0.39 is 5.97 Å². The van der Waals surface area contributed by atoms with Crippen LogP contribution in [0.2, 0.25) is 0 Å². The van der Waals surface area contributed by atoms with Crippen molar-refractivity contribution in [3.8, 4) is 22.6 Å². The van der Waals surface area contributed by atoms with Gasteiger partial charge in [-0.05, 0) is 34.5 Å². The molecular weight excluding hydrogens is 280 g/mol. The third kappa shape index (κ3) is 1.89. The van der Waals surface area contributed by atoms with Gasteiger partial charge in [-0.15, -0.1) is 0 Å². The van der Waals surface area contributed by atoms with Gasteiger partial charge in [0, 0.05) is 5.56 Å². The molecule has 0 aliphatic carbocycles. The summed E-state index contributed by atoms with van der Waals surface area (Å²) in [7, 11) is 0. The quantitative estimate of drug-likeness (QED) is 0.777. The average molecular weight is 292 g/mol. The van der Waals surface area contributed by atoms with E-state index >= 15 is 0 Å². The van der Waals surface area contributed by atoms with Gasteiger partial charge >= 0.3 is 5.97 Å². The first-order valence-corrected chi connectivity index (χ1v) is 6.89. The summed E-state index contributed by atoms with van der Waals surface area (Å²) in [5, 5.41) is 11.0. The topological polar surface area (TPSA) is 55.8 Å². The second-order valence-corrected chi connectivity index (χ2v) is 5.09. The van der Waals surface area contributed by atoms with Crippen molar-refractivity contribution in [1.29, 1.82) is 0 Å². The third-order valence-corrected chi connectivity index (χ3v) is 3.81. The number of para-hydroxylation sites is 1. The normalized spacial score (nSPS) is 12.5. The van der Waals surface area contributed by atoms with E-state index in [2.05, 4.69) is 0 Å². The van der Waals surface area contributed by atoms with Gasteiger partial charge in [-0.3, -0.25) is 0 Å². The molecule has 0 radical (unpaired) electrons. The number of carboxylic acids is 1. The number of carbonyl (C=O) groups is 1. The first-order valence-electron chi connectivity index (χ1n) is 6.89. The molecule has 0 spiro atoms. The minimum Gasteiger partial charge on any atom is -0.478 e. The molecule has 22 heavy (non-hydrogen) atoms. The summed E-state index contributed by atoms with van der Waals surface area (Å²) >= 11 is 0. The molecule has 0 aromatic heterocycles. The lowest BCUT2D eigenvalue weighted by Crippen LogP contribution is -1.96. The maximum Gasteiger partial charge on any atom is 0.335 e. The Morgan fingerprint density at radius 1 is 0.955 bits per heavy atom. The Morgan fingerprint density at radius 2 is 1.77 bits per heavy atom. The summed E-state index contributed by atoms with van der Waals surface area (Å²) in [4.78, 5) is 11.1. The third-order valence-electron chi connectivity index (χ3n) is 3.81. The first kappa shape index (κ1) is 12.7. The monoisotopic (exact) mass is 292 g/mol. The van der Waals surface area contributed by atoms with Crippen molar-refractivity contribution < 1.29 is 19.4 Å². The minimum absolute atomic E-state index is 0.222. The second kappa shape index (κ2) is 4.77. The van der Waals surface area contributed by atoms with Gasteiger partial charge < -0.3 is 14.6 Å². The van der Waals surface area contributed by atoms with Crippen LogP contribution in [0.3, 0.4) is 0 Å². The Morgan fingerprint density at radius 3 is 2.64 bits per heavy atom. The largest absolute Gasteiger partial charge is 0.478 e. The van der Waals surface area contributed by atoms with E-state index in [1.807, 2.05) is 42.5 Å². The smallest absolute Gasteiger partial charge is 0.335 e. The number of hydrogen-bond donors (Lipinski definition) is 1. The number of benzene rings is 3. The van der Waals surface area contributed by atoms with Crippen molar-refractivity contribution in [3.63, 3.8) is 0 Å². The van der Waals surface area contributed by atoms with Gasteiger partial charge in [0.2, 0.25) is 6.79 Å². The average Bonchev–Trinajstić information content (AvgIpc) is 3.02. The Kier molecular flexibility index (Phi) is 2.76. The van der Waals surface area contributed by atoms with E-state index in [4.69, 9.17) is 14.6 Å². The highest BCUT2D eigenvalue weighted by atomic mass is 16.7. The molecular formula is C18H12O4. The van der Waals surface area contributed by atoms with Crippen LogP contribution >= 0.6 is 0 Å². The molecule has 1 heterocycles. The van der Waals surface area contributed by atoms with Gasteiger partial charge in [0.25, 0.3) is 0 Å². The lowest BCUT2D eigenvalue weighted by molar-refractivity contribution is 0.0697. The van der Waals surface area contributed by atoms with Gasteiger partial charge in [0.1, 0.15) is 0 Å². The molecule has 1 aliphatic heterocycles. The van der Waals surface area contributed by atoms with E-state index in [0.29, 0.717) is 0 Å². The molecule has 0 bridgehead atoms. The van der Waals surface area contributed by atoms with Crippen LogP contribution in [0.4, 0.5) is 0 Å². The maximum atomic E-state index is 11.1. The Labute approximate surface area is 126 Å². The van der Waals surface area contributed by atoms with Crippen LogP contribution in [0, 0.1) is 0 Å². The van der Waals surface area contributed by atoms with Crippen LogP contribution in [0.25, 0.3) is 21.9 Å². The van der Waals surface area contributed by atoms with E-state index in [9.17, 15) is 4.79 Å². The zero-order valence-corrected chi connectivity index (χ0v) is 11.6. The fourth-order valence-corrected chi connectivity index (χ4v) is 2.79. The second-order valence-electron chi connectivity index (χ2n) is 5.09. The Balaban J connectivity index is 1.97. The molecule has 0 amide bonds. The number of hydrogen-bond acceptors (Lipinski definition) is 3. The van der Waals surface area contributed by atoms with Crippen molar-refractivity contribution in [3.05, 3.63) is 60.2 Å². The Bertz CT molecular complexity index is 899. The number of fused-ring (bicyclic) bond motifs is 2. The van der Waals surface area contributed by atoms with E-state index in [1.54, 1.807) is 12.1 Å². The van der Waals surface area contributed by atoms with E-state index in [0.717, 1.165) is 33.4 Å². The first-order chi connectivity index (χ1) is 10.7. The molecule has 0 saturated heterocycles. The van der Waals surface area contributed by atoms with Crippen molar-refractivity contribution in [1.82, 2.24) is 0 Å². The summed E-state index contributed by atoms with van der Waals surface area (Å²) in [6, 6.07) is 16.7. The molecule has 0 atom stereocenters. The summed E-state index contributed by atoms with van der Waals surface area (Å²) in [5.74, 6) is 0.540. The molecule has 4 rings (SSSR count). The molecule has 0 unspecified atom stereocenters. The van der Waals surface area contributed by atoms with Crippen LogP contribution in [-0.2, 0) is 0 Å². The van der Waals surface area contributed by atoms with Gasteiger partial charge in [0.05, 0.1) is 5.56 Å². The van der Waals surface area contributed by atoms with Crippen molar-refractivity contribution >= 4 is 16.7 Å². The van der Waals surface area contributed by atoms with Crippen LogP contribution in [0.15, 0.2) is 54.6 Å². The molecule has 108 valence electrons. The summed E-state index contributed by atoms with van der Waals surface area (Å²) in [6.45, 7) is 0.222. The molecule has 4 heteroatoms. The highest BCUT2D eigenvalue weighted by Crippen LogP contribution is 2.43. The standard InChI is InChI=1S/C18H12O4/c19-18(20)12-7-8-13-11(9-12)3-1-4-14(13)15-5-2-6-16-17(15)22-10-21-16/h1-9H,10H2,(H,19,20). The van der Waals surface area contributed by atoms with Gasteiger partial charge in [-0.2, -0.15) is 0 Å². The molecule has 1 aliphatic rings. The minimum atomic E-state index is -0.926. The van der Waals surface area contributed by atoms with Gasteiger partial charge in [-0.1, -0.05) is 36.4 Å². The molecule has 0 fully saturated rings. The van der Waals surface area contributed by atoms with Crippen molar-refractivity contribution in [2.24, 2.45) is 0 Å². The van der Waals surface area contributed by atoms with Crippen LogP contribution in [-0.4, -0.2) is 17.9 Å². The number of aromatic carboxylic acids is 1. The Hall–Kier alpha value is -3.01. The van der Waals surface area contributed by atoms with Crippen LogP contribution < -0.4 is 9.47 Å². The van der Waals surface area contributed by atoms with Crippen LogP contribution in [0.1, 0.15) is 10.4 Å². The fourth-order valence-electron chi connectivity index (χ4n) is 2.79. The van der Waals surface area contributed by atoms with E-state index in [1.165, 1.54) is 0 Å². The van der Waals surface area contributed by atoms with Crippen molar-refractivity contribution in [2.45, 2.75) is 0 Å². The van der Waals surface area contributed by atoms with E-state index in [-0.39, 0.29) is 12.4 Å². The highest BCUT2D eigenvalue weighted by molar-refractivity contribution is 6.01. The SMILES string of the molecule is O=C(O)c1ccc2c(-c3cccc4c3OCO4)cccc2c1. The van der Waals surface area contributed by atoms with Crippen LogP contribution in [0.5, 0.6) is 11.5 Å². The molecule has 3 aromatic carbocycles. The highest BCUT2D eigenvalue weighted by Gasteiger charge is 2.19. The molecule has 4 nitrogen and oxygen atoms in total. The number of rotatable bonds is 2. The predicted molar refractivity (Wildman–Crippen MR) is 82.5 cm³/mol. The number of carboxylic acid groups (broad SMARTS) is 1. The fraction of sp³-hybridized carbons (Fsp3) is 0.0556. The van der Waals surface area contributed by atoms with Crippen molar-refractivity contribution in [2.75, 3.05) is 6.79 Å². The maximum absolute atomic E-state index is 11.1. The molecule has 3 aromatic rings. The zero-order valence-electron chi connectivity index (χ0n) is 11.6. The van der Waals surface area contributed by atoms with Gasteiger partial charge in [0.15, 0.2) is 11.5 Å². The summed E-state index contributed by atoms with van der Waals surface area (Å²) in [5.41, 5.74) is 2.22. The predicted octanol–water partition coefficient (Wildman–Crippen LogP) is 3.93.